The Balaban J connectivity index is 1.25. The quantitative estimate of drug-likeness (QED) is 0.687. The second kappa shape index (κ2) is 9.46. The minimum Gasteiger partial charge on any atom is -0.375 e. The average molecular weight is 466 g/mol. The predicted molar refractivity (Wildman–Crippen MR) is 132 cm³/mol. The van der Waals surface area contributed by atoms with Crippen molar-refractivity contribution in [3.8, 4) is 0 Å². The van der Waals surface area contributed by atoms with Crippen molar-refractivity contribution >= 4 is 11.8 Å². The van der Waals surface area contributed by atoms with Crippen LogP contribution in [0.2, 0.25) is 0 Å². The van der Waals surface area contributed by atoms with E-state index in [0.717, 1.165) is 49.1 Å². The molecule has 0 spiro atoms. The molecule has 2 saturated heterocycles. The second-order valence-corrected chi connectivity index (χ2v) is 11.4. The van der Waals surface area contributed by atoms with Crippen LogP contribution in [0.1, 0.15) is 86.7 Å². The number of allylic oxidation sites excluding steroid dienone is 1. The van der Waals surface area contributed by atoms with Crippen molar-refractivity contribution in [3.63, 3.8) is 0 Å². The van der Waals surface area contributed by atoms with Gasteiger partial charge in [-0.3, -0.25) is 9.59 Å². The maximum atomic E-state index is 13.1. The molecule has 3 fully saturated rings. The lowest BCUT2D eigenvalue weighted by Crippen LogP contribution is -2.50. The molecule has 34 heavy (non-hydrogen) atoms. The van der Waals surface area contributed by atoms with Crippen LogP contribution < -0.4 is 10.6 Å². The zero-order valence-electron chi connectivity index (χ0n) is 20.7. The van der Waals surface area contributed by atoms with Gasteiger partial charge in [0.1, 0.15) is 6.04 Å². The summed E-state index contributed by atoms with van der Waals surface area (Å²) in [6.07, 6.45) is 9.64. The van der Waals surface area contributed by atoms with Gasteiger partial charge in [-0.15, -0.1) is 0 Å². The lowest BCUT2D eigenvalue weighted by atomic mass is 9.79. The minimum atomic E-state index is -0.399. The van der Waals surface area contributed by atoms with Gasteiger partial charge in [-0.25, -0.2) is 0 Å². The van der Waals surface area contributed by atoms with E-state index in [0.29, 0.717) is 31.0 Å². The maximum Gasteiger partial charge on any atom is 0.255 e. The number of fused-ring (bicyclic) bond motifs is 1. The summed E-state index contributed by atoms with van der Waals surface area (Å²) in [4.78, 5) is 27.3. The van der Waals surface area contributed by atoms with Crippen molar-refractivity contribution in [1.29, 1.82) is 0 Å². The summed E-state index contributed by atoms with van der Waals surface area (Å²) in [5.74, 6) is 0.486. The van der Waals surface area contributed by atoms with E-state index in [4.69, 9.17) is 4.74 Å². The summed E-state index contributed by atoms with van der Waals surface area (Å²) in [5, 5.41) is 6.83. The van der Waals surface area contributed by atoms with Gasteiger partial charge in [-0.1, -0.05) is 31.6 Å². The first-order valence-corrected chi connectivity index (χ1v) is 13.1. The monoisotopic (exact) mass is 465 g/mol. The van der Waals surface area contributed by atoms with Crippen molar-refractivity contribution in [2.24, 2.45) is 5.92 Å². The van der Waals surface area contributed by atoms with Crippen LogP contribution in [0.15, 0.2) is 30.5 Å². The van der Waals surface area contributed by atoms with E-state index in [-0.39, 0.29) is 17.4 Å². The fourth-order valence-corrected chi connectivity index (χ4v) is 6.49. The first kappa shape index (κ1) is 23.6. The molecule has 1 unspecified atom stereocenters. The third kappa shape index (κ3) is 4.94. The number of hydrogen-bond acceptors (Lipinski definition) is 4. The lowest BCUT2D eigenvalue weighted by Gasteiger charge is -2.41. The highest BCUT2D eigenvalue weighted by Gasteiger charge is 2.38. The van der Waals surface area contributed by atoms with Gasteiger partial charge in [0.15, 0.2) is 0 Å². The molecule has 3 aliphatic heterocycles. The largest absolute Gasteiger partial charge is 0.375 e. The van der Waals surface area contributed by atoms with Gasteiger partial charge in [-0.05, 0) is 81.9 Å². The normalized spacial score (nSPS) is 31.4. The summed E-state index contributed by atoms with van der Waals surface area (Å²) in [7, 11) is 0. The number of nitrogens with one attached hydrogen (secondary N) is 2. The van der Waals surface area contributed by atoms with Crippen molar-refractivity contribution in [2.75, 3.05) is 6.61 Å². The molecule has 1 saturated carbocycles. The molecule has 0 radical (unpaired) electrons. The summed E-state index contributed by atoms with van der Waals surface area (Å²) in [6.45, 7) is 9.61. The lowest BCUT2D eigenvalue weighted by molar-refractivity contribution is -0.126. The summed E-state index contributed by atoms with van der Waals surface area (Å²) in [6, 6.07) is 7.00. The van der Waals surface area contributed by atoms with Crippen molar-refractivity contribution in [1.82, 2.24) is 15.5 Å². The van der Waals surface area contributed by atoms with Gasteiger partial charge in [0, 0.05) is 36.5 Å². The number of rotatable bonds is 5. The Kier molecular flexibility index (Phi) is 6.56. The molecule has 6 heteroatoms. The standard InChI is InChI=1S/C28H39N3O3/c1-18-8-11-25(26(32)29-18)31-17-21-15-19(9-10-23(21)27(31)33)14-20-6-4-5-7-24(20)30-22-12-13-34-28(2,3)16-22/h9-10,15,20,22,24-25,30H,1,4-8,11-14,16-17H2,2-3H3,(H,29,32)/t20-,22-,24+,25?/m1/s1. The van der Waals surface area contributed by atoms with Crippen LogP contribution in [0, 0.1) is 5.92 Å². The Morgan fingerprint density at radius 3 is 2.79 bits per heavy atom. The number of benzene rings is 1. The van der Waals surface area contributed by atoms with Crippen LogP contribution in [-0.4, -0.2) is 47.0 Å². The fraction of sp³-hybridized carbons (Fsp3) is 0.643. The third-order valence-corrected chi connectivity index (χ3v) is 8.25. The van der Waals surface area contributed by atoms with Gasteiger partial charge in [0.25, 0.3) is 5.91 Å². The van der Waals surface area contributed by atoms with Crippen molar-refractivity contribution in [2.45, 2.75) is 102 Å². The summed E-state index contributed by atoms with van der Waals surface area (Å²) >= 11 is 0. The Bertz CT molecular complexity index is 972. The topological polar surface area (TPSA) is 70.7 Å². The first-order valence-electron chi connectivity index (χ1n) is 13.1. The van der Waals surface area contributed by atoms with Crippen LogP contribution in [0.3, 0.4) is 0 Å². The van der Waals surface area contributed by atoms with Gasteiger partial charge in [0.05, 0.1) is 5.60 Å². The summed E-state index contributed by atoms with van der Waals surface area (Å²) in [5.41, 5.74) is 3.82. The number of carbonyl (C=O) groups excluding carboxylic acids is 2. The highest BCUT2D eigenvalue weighted by atomic mass is 16.5. The molecule has 5 rings (SSSR count). The van der Waals surface area contributed by atoms with Crippen LogP contribution in [0.5, 0.6) is 0 Å². The molecule has 184 valence electrons. The number of amides is 2. The molecular weight excluding hydrogens is 426 g/mol. The van der Waals surface area contributed by atoms with E-state index in [9.17, 15) is 9.59 Å². The summed E-state index contributed by atoms with van der Waals surface area (Å²) < 4.78 is 5.92. The molecule has 2 N–H and O–H groups in total. The molecule has 0 bridgehead atoms. The Hall–Kier alpha value is -2.18. The zero-order chi connectivity index (χ0) is 23.9. The van der Waals surface area contributed by atoms with Gasteiger partial charge in [-0.2, -0.15) is 0 Å². The Morgan fingerprint density at radius 2 is 2.00 bits per heavy atom. The van der Waals surface area contributed by atoms with Crippen molar-refractivity contribution in [3.05, 3.63) is 47.2 Å². The zero-order valence-corrected chi connectivity index (χ0v) is 20.7. The van der Waals surface area contributed by atoms with Crippen molar-refractivity contribution < 1.29 is 14.3 Å². The molecule has 3 heterocycles. The number of hydrogen-bond donors (Lipinski definition) is 2. The fourth-order valence-electron chi connectivity index (χ4n) is 6.49. The smallest absolute Gasteiger partial charge is 0.255 e. The number of carbonyl (C=O) groups is 2. The number of nitrogens with zero attached hydrogens (tertiary/aromatic N) is 1. The molecule has 1 aromatic rings. The number of ether oxygens (including phenoxy) is 1. The van der Waals surface area contributed by atoms with E-state index < -0.39 is 6.04 Å². The van der Waals surface area contributed by atoms with Gasteiger partial charge >= 0.3 is 0 Å². The molecule has 0 aromatic heterocycles. The Morgan fingerprint density at radius 1 is 1.18 bits per heavy atom. The van der Waals surface area contributed by atoms with Crippen LogP contribution >= 0.6 is 0 Å². The van der Waals surface area contributed by atoms with Crippen LogP contribution in [-0.2, 0) is 22.5 Å². The third-order valence-electron chi connectivity index (χ3n) is 8.25. The molecule has 4 atom stereocenters. The predicted octanol–water partition coefficient (Wildman–Crippen LogP) is 4.08. The average Bonchev–Trinajstić information content (AvgIpc) is 3.10. The van der Waals surface area contributed by atoms with Gasteiger partial charge < -0.3 is 20.3 Å². The van der Waals surface area contributed by atoms with Gasteiger partial charge in [0.2, 0.25) is 5.91 Å². The van der Waals surface area contributed by atoms with E-state index in [1.165, 1.54) is 31.2 Å². The van der Waals surface area contributed by atoms with E-state index in [2.05, 4.69) is 43.2 Å². The molecule has 6 nitrogen and oxygen atoms in total. The number of piperidine rings is 1. The minimum absolute atomic E-state index is 0.0199. The molecule has 4 aliphatic rings. The van der Waals surface area contributed by atoms with Crippen LogP contribution in [0.25, 0.3) is 0 Å². The Labute approximate surface area is 203 Å². The van der Waals surface area contributed by atoms with E-state index in [1.807, 2.05) is 6.07 Å². The van der Waals surface area contributed by atoms with E-state index >= 15 is 0 Å². The first-order chi connectivity index (χ1) is 16.3. The molecule has 2 amide bonds. The molecule has 1 aliphatic carbocycles. The highest BCUT2D eigenvalue weighted by Crippen LogP contribution is 2.33. The van der Waals surface area contributed by atoms with Crippen LogP contribution in [0.4, 0.5) is 0 Å². The molecule has 1 aromatic carbocycles. The second-order valence-electron chi connectivity index (χ2n) is 11.4. The highest BCUT2D eigenvalue weighted by molar-refractivity contribution is 6.01. The molecular formula is C28H39N3O3. The maximum absolute atomic E-state index is 13.1. The van der Waals surface area contributed by atoms with E-state index in [1.54, 1.807) is 4.90 Å². The SMILES string of the molecule is C=C1CCC(N2Cc3cc(C[C@H]4CCCC[C@@H]4N[C@@H]4CCOC(C)(C)C4)ccc3C2=O)C(=O)N1.